The van der Waals surface area contributed by atoms with Crippen LogP contribution in [0.3, 0.4) is 0 Å². The molecule has 14 heteroatoms. The number of carbonyl (C=O) groups excluding carboxylic acids is 1. The van der Waals surface area contributed by atoms with Crippen LogP contribution in [-0.2, 0) is 23.9 Å². The minimum Gasteiger partial charge on any atom is -0.497 e. The van der Waals surface area contributed by atoms with Crippen molar-refractivity contribution in [3.05, 3.63) is 179 Å². The number of halogens is 1. The van der Waals surface area contributed by atoms with E-state index >= 15 is 4.39 Å². The van der Waals surface area contributed by atoms with Crippen LogP contribution < -0.4 is 26.0 Å². The highest BCUT2D eigenvalue weighted by molar-refractivity contribution is 6.99. The first-order valence-corrected chi connectivity index (χ1v) is 27.4. The Bertz CT molecular complexity index is 2770. The zero-order valence-corrected chi connectivity index (χ0v) is 41.6. The highest BCUT2D eigenvalue weighted by Gasteiger charge is 2.62. The zero-order chi connectivity index (χ0) is 47.8. The van der Waals surface area contributed by atoms with Crippen LogP contribution in [0.15, 0.2) is 157 Å². The van der Waals surface area contributed by atoms with Crippen LogP contribution >= 0.6 is 0 Å². The molecule has 0 saturated carbocycles. The largest absolute Gasteiger partial charge is 0.497 e. The van der Waals surface area contributed by atoms with Gasteiger partial charge in [0.25, 0.3) is 13.9 Å². The van der Waals surface area contributed by atoms with Crippen LogP contribution in [-0.4, -0.2) is 74.0 Å². The topological polar surface area (TPSA) is 130 Å². The van der Waals surface area contributed by atoms with Gasteiger partial charge in [-0.25, -0.2) is 9.37 Å². The monoisotopic (exact) mass is 937 g/mol. The molecule has 0 bridgehead atoms. The summed E-state index contributed by atoms with van der Waals surface area (Å²) in [6.45, 7) is 16.3. The molecule has 1 saturated heterocycles. The molecule has 67 heavy (non-hydrogen) atoms. The number of aromatic amines is 1. The van der Waals surface area contributed by atoms with Crippen molar-refractivity contribution in [2.45, 2.75) is 94.4 Å². The molecule has 0 radical (unpaired) electrons. The van der Waals surface area contributed by atoms with Gasteiger partial charge < -0.3 is 23.6 Å². The molecule has 2 N–H and O–H groups in total. The SMILES string of the molecule is COc1ccc(C(Nc2nc3c(ncn3[C@@H]3O[C@](C=O)(CO[Si](c4ccccc4)(c4ccccc4)C(C)(C)C)[C@@H](O[Si](C)(C)C(C)(C)C)[C@@H]3F)c(=O)[nH]2)(c2ccccc2)c2ccccc2)cc1. The summed E-state index contributed by atoms with van der Waals surface area (Å²) in [5.41, 5.74) is -1.06. The standard InChI is InChI=1S/C53H60FN5O6Si2/c1-50(2,3)66(8,9)65-45-43(54)48(64-52(45,34-60)35-63-67(51(4,5)6,41-26-18-12-19-27-41)42-28-20-13-21-29-42)59-36-55-44-46(59)56-49(57-47(44)61)58-53(37-22-14-10-15-23-37,38-24-16-11-17-25-38)39-30-32-40(62-7)33-31-39/h10-34,36,43,45,48H,35H2,1-9H3,(H2,56,57,58,61)/t43-,45-,48+,52+/m0/s1. The maximum absolute atomic E-state index is 18.0. The van der Waals surface area contributed by atoms with Crippen molar-refractivity contribution < 1.29 is 27.5 Å². The molecule has 1 aliphatic rings. The Morgan fingerprint density at radius 3 is 1.76 bits per heavy atom. The Morgan fingerprint density at radius 1 is 0.776 bits per heavy atom. The number of anilines is 1. The van der Waals surface area contributed by atoms with Crippen LogP contribution in [0.25, 0.3) is 11.2 Å². The van der Waals surface area contributed by atoms with Crippen molar-refractivity contribution in [1.82, 2.24) is 19.5 Å². The normalized spacial score (nSPS) is 19.3. The molecule has 11 nitrogen and oxygen atoms in total. The summed E-state index contributed by atoms with van der Waals surface area (Å²) < 4.78 is 46.1. The number of aldehydes is 1. The molecule has 3 heterocycles. The quantitative estimate of drug-likeness (QED) is 0.0587. The number of carbonyl (C=O) groups is 1. The fraction of sp³-hybridized carbons (Fsp3) is 0.321. The number of rotatable bonds is 15. The Kier molecular flexibility index (Phi) is 12.9. The number of alkyl halides is 1. The molecule has 4 atom stereocenters. The van der Waals surface area contributed by atoms with E-state index in [-0.39, 0.29) is 28.8 Å². The van der Waals surface area contributed by atoms with E-state index in [9.17, 15) is 9.59 Å². The van der Waals surface area contributed by atoms with E-state index < -0.39 is 56.9 Å². The molecule has 8 rings (SSSR count). The number of imidazole rings is 1. The third-order valence-corrected chi connectivity index (χ3v) is 23.1. The van der Waals surface area contributed by atoms with E-state index in [1.54, 1.807) is 7.11 Å². The van der Waals surface area contributed by atoms with E-state index in [4.69, 9.17) is 23.3 Å². The van der Waals surface area contributed by atoms with Gasteiger partial charge in [0.2, 0.25) is 5.95 Å². The van der Waals surface area contributed by atoms with Crippen molar-refractivity contribution in [3.8, 4) is 5.75 Å². The second-order valence-corrected chi connectivity index (χ2v) is 28.9. The number of methoxy groups -OCH3 is 1. The van der Waals surface area contributed by atoms with Crippen LogP contribution in [0.2, 0.25) is 23.2 Å². The number of nitrogens with zero attached hydrogens (tertiary/aromatic N) is 3. The average molecular weight is 938 g/mol. The molecule has 2 aromatic heterocycles. The summed E-state index contributed by atoms with van der Waals surface area (Å²) >= 11 is 0. The number of benzene rings is 5. The summed E-state index contributed by atoms with van der Waals surface area (Å²) in [4.78, 5) is 40.5. The second kappa shape index (κ2) is 18.2. The van der Waals surface area contributed by atoms with Crippen molar-refractivity contribution in [1.29, 1.82) is 0 Å². The molecule has 5 aromatic carbocycles. The van der Waals surface area contributed by atoms with Gasteiger partial charge >= 0.3 is 0 Å². The third kappa shape index (κ3) is 8.50. The van der Waals surface area contributed by atoms with E-state index in [1.165, 1.54) is 10.9 Å². The number of aromatic nitrogens is 4. The Hall–Kier alpha value is -6.04. The van der Waals surface area contributed by atoms with Gasteiger partial charge in [-0.15, -0.1) is 0 Å². The second-order valence-electron chi connectivity index (χ2n) is 19.9. The molecular weight excluding hydrogens is 878 g/mol. The first kappa shape index (κ1) is 47.5. The van der Waals surface area contributed by atoms with Crippen LogP contribution in [0.4, 0.5) is 10.3 Å². The van der Waals surface area contributed by atoms with Crippen LogP contribution in [0, 0.1) is 0 Å². The molecule has 0 amide bonds. The average Bonchev–Trinajstić information content (AvgIpc) is 3.87. The number of ether oxygens (including phenoxy) is 2. The number of hydrogen-bond donors (Lipinski definition) is 2. The molecular formula is C53H60FN5O6Si2. The van der Waals surface area contributed by atoms with Gasteiger partial charge in [-0.3, -0.25) is 19.1 Å². The van der Waals surface area contributed by atoms with Gasteiger partial charge in [-0.1, -0.05) is 175 Å². The van der Waals surface area contributed by atoms with E-state index in [1.807, 2.05) is 134 Å². The van der Waals surface area contributed by atoms with E-state index in [2.05, 4.69) is 81.1 Å². The lowest BCUT2D eigenvalue weighted by Crippen LogP contribution is -2.68. The van der Waals surface area contributed by atoms with Gasteiger partial charge in [0.05, 0.1) is 20.0 Å². The number of fused-ring (bicyclic) bond motifs is 1. The fourth-order valence-corrected chi connectivity index (χ4v) is 15.1. The first-order chi connectivity index (χ1) is 31.9. The van der Waals surface area contributed by atoms with Crippen molar-refractivity contribution >= 4 is 50.4 Å². The summed E-state index contributed by atoms with van der Waals surface area (Å²) in [6.07, 6.45) is -2.84. The first-order valence-electron chi connectivity index (χ1n) is 22.6. The van der Waals surface area contributed by atoms with Crippen molar-refractivity contribution in [2.75, 3.05) is 19.0 Å². The zero-order valence-electron chi connectivity index (χ0n) is 39.6. The Balaban J connectivity index is 1.27. The highest BCUT2D eigenvalue weighted by atomic mass is 28.4. The molecule has 348 valence electrons. The summed E-state index contributed by atoms with van der Waals surface area (Å²) in [6, 6.07) is 47.4. The lowest BCUT2D eigenvalue weighted by molar-refractivity contribution is -0.148. The smallest absolute Gasteiger partial charge is 0.280 e. The van der Waals surface area contributed by atoms with E-state index in [0.717, 1.165) is 27.1 Å². The molecule has 7 aromatic rings. The Morgan fingerprint density at radius 2 is 1.28 bits per heavy atom. The van der Waals surface area contributed by atoms with Gasteiger partial charge in [-0.05, 0) is 62.4 Å². The Labute approximate surface area is 394 Å². The predicted octanol–water partition coefficient (Wildman–Crippen LogP) is 9.30. The summed E-state index contributed by atoms with van der Waals surface area (Å²) in [5, 5.41) is 4.78. The van der Waals surface area contributed by atoms with Crippen LogP contribution in [0.1, 0.15) is 64.5 Å². The maximum Gasteiger partial charge on any atom is 0.280 e. The number of hydrogen-bond acceptors (Lipinski definition) is 9. The molecule has 0 unspecified atom stereocenters. The van der Waals surface area contributed by atoms with Gasteiger partial charge in [-0.2, -0.15) is 4.98 Å². The molecule has 1 aliphatic heterocycles. The van der Waals surface area contributed by atoms with E-state index in [0.29, 0.717) is 12.0 Å². The molecule has 0 aliphatic carbocycles. The fourth-order valence-electron chi connectivity index (χ4n) is 9.16. The molecule has 1 fully saturated rings. The van der Waals surface area contributed by atoms with Gasteiger partial charge in [0.15, 0.2) is 43.8 Å². The van der Waals surface area contributed by atoms with Crippen molar-refractivity contribution in [3.63, 3.8) is 0 Å². The number of H-pyrrole nitrogens is 1. The predicted molar refractivity (Wildman–Crippen MR) is 267 cm³/mol. The minimum atomic E-state index is -3.28. The highest BCUT2D eigenvalue weighted by Crippen LogP contribution is 2.48. The molecule has 0 spiro atoms. The summed E-state index contributed by atoms with van der Waals surface area (Å²) in [7, 11) is -4.48. The van der Waals surface area contributed by atoms with Gasteiger partial charge in [0, 0.05) is 0 Å². The maximum atomic E-state index is 18.0. The van der Waals surface area contributed by atoms with Gasteiger partial charge in [0.1, 0.15) is 17.4 Å². The third-order valence-electron chi connectivity index (χ3n) is 13.7. The lowest BCUT2D eigenvalue weighted by Gasteiger charge is -2.46. The lowest BCUT2D eigenvalue weighted by atomic mass is 9.77. The minimum absolute atomic E-state index is 0.0372. The van der Waals surface area contributed by atoms with Crippen molar-refractivity contribution in [2.24, 2.45) is 0 Å². The number of nitrogens with one attached hydrogen (secondary N) is 2. The van der Waals surface area contributed by atoms with Crippen LogP contribution in [0.5, 0.6) is 5.75 Å². The summed E-state index contributed by atoms with van der Waals surface area (Å²) in [5.74, 6) is 0.758.